The molecule has 0 saturated heterocycles. The molecule has 0 aliphatic carbocycles. The van der Waals surface area contributed by atoms with E-state index in [9.17, 15) is 9.59 Å². The van der Waals surface area contributed by atoms with Crippen LogP contribution >= 0.6 is 12.6 Å². The molecule has 5 nitrogen and oxygen atoms in total. The van der Waals surface area contributed by atoms with E-state index >= 15 is 0 Å². The first kappa shape index (κ1) is 13.2. The molecule has 0 aliphatic rings. The summed E-state index contributed by atoms with van der Waals surface area (Å²) in [5.41, 5.74) is 10.6. The molecule has 2 amide bonds. The number of thiol groups is 1. The number of hydrogen-bond acceptors (Lipinski definition) is 4. The maximum Gasteiger partial charge on any atom is 0.239 e. The van der Waals surface area contributed by atoms with Crippen LogP contribution in [-0.4, -0.2) is 28.6 Å². The summed E-state index contributed by atoms with van der Waals surface area (Å²) in [6.07, 6.45) is 0. The van der Waals surface area contributed by atoms with Crippen molar-refractivity contribution in [3.63, 3.8) is 0 Å². The van der Waals surface area contributed by atoms with Crippen molar-refractivity contribution in [1.29, 1.82) is 0 Å². The Morgan fingerprint density at radius 2 is 1.86 bits per heavy atom. The zero-order valence-corrected chi connectivity index (χ0v) is 9.47. The molecule has 0 aromatic heterocycles. The first-order chi connectivity index (χ1) is 6.16. The zero-order valence-electron chi connectivity index (χ0n) is 8.57. The lowest BCUT2D eigenvalue weighted by atomic mass is 10.0. The Hall–Kier alpha value is -0.750. The second-order valence-corrected chi connectivity index (χ2v) is 4.92. The summed E-state index contributed by atoms with van der Waals surface area (Å²) >= 11 is 4.16. The molecule has 6 heteroatoms. The van der Waals surface area contributed by atoms with E-state index in [0.29, 0.717) is 0 Å². The smallest absolute Gasteiger partial charge is 0.239 e. The van der Waals surface area contributed by atoms with Crippen LogP contribution in [0.25, 0.3) is 0 Å². The highest BCUT2D eigenvalue weighted by Crippen LogP contribution is 2.15. The summed E-state index contributed by atoms with van der Waals surface area (Å²) in [6, 6.07) is -1.50. The fraction of sp³-hybridized carbons (Fsp3) is 0.750. The SMILES string of the molecule is C[C@H](NC(=O)[C@@H](N)C(C)(C)S)C(N)=O. The molecular weight excluding hydrogens is 202 g/mol. The van der Waals surface area contributed by atoms with Crippen molar-refractivity contribution in [2.24, 2.45) is 11.5 Å². The van der Waals surface area contributed by atoms with E-state index < -0.39 is 28.6 Å². The summed E-state index contributed by atoms with van der Waals surface area (Å²) in [5.74, 6) is -1.03. The number of hydrogen-bond donors (Lipinski definition) is 4. The molecular formula is C8H17N3O2S. The summed E-state index contributed by atoms with van der Waals surface area (Å²) in [5, 5.41) is 2.40. The summed E-state index contributed by atoms with van der Waals surface area (Å²) in [4.78, 5) is 22.1. The van der Waals surface area contributed by atoms with Crippen LogP contribution in [-0.2, 0) is 9.59 Å². The molecule has 0 rings (SSSR count). The van der Waals surface area contributed by atoms with Crippen LogP contribution in [0.2, 0.25) is 0 Å². The molecule has 14 heavy (non-hydrogen) atoms. The molecule has 0 bridgehead atoms. The van der Waals surface area contributed by atoms with Crippen LogP contribution < -0.4 is 16.8 Å². The molecule has 0 fully saturated rings. The monoisotopic (exact) mass is 219 g/mol. The zero-order chi connectivity index (χ0) is 11.5. The Balaban J connectivity index is 4.29. The van der Waals surface area contributed by atoms with Gasteiger partial charge in [-0.05, 0) is 20.8 Å². The fourth-order valence-electron chi connectivity index (χ4n) is 0.695. The number of carbonyl (C=O) groups is 2. The van der Waals surface area contributed by atoms with Crippen molar-refractivity contribution in [3.8, 4) is 0 Å². The van der Waals surface area contributed by atoms with Crippen LogP contribution in [0.1, 0.15) is 20.8 Å². The highest BCUT2D eigenvalue weighted by Gasteiger charge is 2.29. The average Bonchev–Trinajstić information content (AvgIpc) is 2.00. The lowest BCUT2D eigenvalue weighted by Crippen LogP contribution is -2.55. The Kier molecular flexibility index (Phi) is 4.41. The molecule has 0 radical (unpaired) electrons. The van der Waals surface area contributed by atoms with Gasteiger partial charge in [-0.25, -0.2) is 0 Å². The topological polar surface area (TPSA) is 98.2 Å². The van der Waals surface area contributed by atoms with Crippen molar-refractivity contribution >= 4 is 24.4 Å². The number of nitrogens with one attached hydrogen (secondary N) is 1. The van der Waals surface area contributed by atoms with Gasteiger partial charge in [-0.3, -0.25) is 9.59 Å². The molecule has 0 spiro atoms. The Bertz CT molecular complexity index is 237. The first-order valence-electron chi connectivity index (χ1n) is 4.24. The average molecular weight is 219 g/mol. The van der Waals surface area contributed by atoms with Gasteiger partial charge in [0, 0.05) is 4.75 Å². The van der Waals surface area contributed by atoms with E-state index in [-0.39, 0.29) is 0 Å². The standard InChI is InChI=1S/C8H17N3O2S/c1-4(6(10)12)11-7(13)5(9)8(2,3)14/h4-5,14H,9H2,1-3H3,(H2,10,12)(H,11,13)/t4-,5+/m0/s1. The van der Waals surface area contributed by atoms with Crippen molar-refractivity contribution in [3.05, 3.63) is 0 Å². The highest BCUT2D eigenvalue weighted by molar-refractivity contribution is 7.81. The molecule has 0 unspecified atom stereocenters. The molecule has 0 aromatic rings. The predicted octanol–water partition coefficient (Wildman–Crippen LogP) is -0.988. The van der Waals surface area contributed by atoms with E-state index in [1.165, 1.54) is 6.92 Å². The molecule has 5 N–H and O–H groups in total. The molecule has 0 aromatic carbocycles. The Labute approximate surface area is 89.0 Å². The maximum absolute atomic E-state index is 11.4. The van der Waals surface area contributed by atoms with Crippen molar-refractivity contribution < 1.29 is 9.59 Å². The molecule has 82 valence electrons. The largest absolute Gasteiger partial charge is 0.368 e. The van der Waals surface area contributed by atoms with Crippen molar-refractivity contribution in [1.82, 2.24) is 5.32 Å². The van der Waals surface area contributed by atoms with Crippen molar-refractivity contribution in [2.75, 3.05) is 0 Å². The van der Waals surface area contributed by atoms with Crippen LogP contribution in [0, 0.1) is 0 Å². The van der Waals surface area contributed by atoms with Gasteiger partial charge < -0.3 is 16.8 Å². The van der Waals surface area contributed by atoms with Crippen LogP contribution in [0.4, 0.5) is 0 Å². The van der Waals surface area contributed by atoms with Gasteiger partial charge in [0.1, 0.15) is 6.04 Å². The van der Waals surface area contributed by atoms with Gasteiger partial charge in [-0.15, -0.1) is 0 Å². The fourth-order valence-corrected chi connectivity index (χ4v) is 0.812. The normalized spacial score (nSPS) is 15.8. The van der Waals surface area contributed by atoms with Gasteiger partial charge >= 0.3 is 0 Å². The van der Waals surface area contributed by atoms with Gasteiger partial charge in [0.15, 0.2) is 0 Å². The van der Waals surface area contributed by atoms with Crippen LogP contribution in [0.15, 0.2) is 0 Å². The molecule has 2 atom stereocenters. The Morgan fingerprint density at radius 3 is 2.14 bits per heavy atom. The molecule has 0 heterocycles. The van der Waals surface area contributed by atoms with Gasteiger partial charge in [0.25, 0.3) is 0 Å². The van der Waals surface area contributed by atoms with Crippen LogP contribution in [0.5, 0.6) is 0 Å². The van der Waals surface area contributed by atoms with Crippen LogP contribution in [0.3, 0.4) is 0 Å². The lowest BCUT2D eigenvalue weighted by molar-refractivity contribution is -0.128. The third kappa shape index (κ3) is 3.97. The second kappa shape index (κ2) is 4.65. The van der Waals surface area contributed by atoms with E-state index in [0.717, 1.165) is 0 Å². The Morgan fingerprint density at radius 1 is 1.43 bits per heavy atom. The van der Waals surface area contributed by atoms with E-state index in [2.05, 4.69) is 17.9 Å². The summed E-state index contributed by atoms with van der Waals surface area (Å²) in [7, 11) is 0. The predicted molar refractivity (Wildman–Crippen MR) is 57.8 cm³/mol. The minimum absolute atomic E-state index is 0.434. The number of primary amides is 1. The molecule has 0 aliphatic heterocycles. The third-order valence-corrected chi connectivity index (χ3v) is 2.11. The molecule has 0 saturated carbocycles. The number of amides is 2. The summed E-state index contributed by atoms with van der Waals surface area (Å²) in [6.45, 7) is 4.93. The second-order valence-electron chi connectivity index (χ2n) is 3.76. The van der Waals surface area contributed by atoms with E-state index in [1.807, 2.05) is 0 Å². The van der Waals surface area contributed by atoms with Gasteiger partial charge in [-0.2, -0.15) is 12.6 Å². The van der Waals surface area contributed by atoms with E-state index in [4.69, 9.17) is 11.5 Å². The minimum Gasteiger partial charge on any atom is -0.368 e. The van der Waals surface area contributed by atoms with Crippen molar-refractivity contribution in [2.45, 2.75) is 37.6 Å². The van der Waals surface area contributed by atoms with Gasteiger partial charge in [0.05, 0.1) is 6.04 Å². The number of nitrogens with two attached hydrogens (primary N) is 2. The third-order valence-electron chi connectivity index (χ3n) is 1.83. The van der Waals surface area contributed by atoms with E-state index in [1.54, 1.807) is 13.8 Å². The lowest BCUT2D eigenvalue weighted by Gasteiger charge is -2.25. The summed E-state index contributed by atoms with van der Waals surface area (Å²) < 4.78 is -0.637. The minimum atomic E-state index is -0.785. The van der Waals surface area contributed by atoms with Gasteiger partial charge in [0.2, 0.25) is 11.8 Å². The highest BCUT2D eigenvalue weighted by atomic mass is 32.1. The van der Waals surface area contributed by atoms with Gasteiger partial charge in [-0.1, -0.05) is 0 Å². The number of rotatable bonds is 4. The maximum atomic E-state index is 11.4. The number of carbonyl (C=O) groups excluding carboxylic acids is 2. The quantitative estimate of drug-likeness (QED) is 0.457. The first-order valence-corrected chi connectivity index (χ1v) is 4.68.